The van der Waals surface area contributed by atoms with Crippen molar-refractivity contribution >= 4 is 33.8 Å². The average Bonchev–Trinajstić information content (AvgIpc) is 2.56. The largest absolute Gasteiger partial charge is 0.294 e. The molecule has 0 amide bonds. The van der Waals surface area contributed by atoms with Crippen LogP contribution < -0.4 is 0 Å². The maximum Gasteiger partial charge on any atom is 0.162 e. The van der Waals surface area contributed by atoms with Crippen LogP contribution in [0.3, 0.4) is 0 Å². The Bertz CT molecular complexity index is 760. The van der Waals surface area contributed by atoms with Crippen LogP contribution in [0.25, 0.3) is 10.8 Å². The molecular formula is C20H25NO2S. The number of carbonyl (C=O) groups excluding carboxylic acids is 1. The van der Waals surface area contributed by atoms with Crippen molar-refractivity contribution in [1.29, 1.82) is 0 Å². The van der Waals surface area contributed by atoms with Crippen molar-refractivity contribution in [2.75, 3.05) is 0 Å². The van der Waals surface area contributed by atoms with Crippen LogP contribution in [-0.2, 0) is 11.0 Å². The number of benzene rings is 2. The van der Waals surface area contributed by atoms with Gasteiger partial charge in [0.1, 0.15) is 11.0 Å². The molecule has 3 nitrogen and oxygen atoms in total. The Morgan fingerprint density at radius 1 is 1.08 bits per heavy atom. The first kappa shape index (κ1) is 18.5. The zero-order chi connectivity index (χ0) is 17.6. The third kappa shape index (κ3) is 5.38. The summed E-state index contributed by atoms with van der Waals surface area (Å²) < 4.78 is 15.5. The number of unbranched alkanes of at least 4 members (excludes halogenated alkanes) is 2. The molecule has 128 valence electrons. The number of Topliss-reactive ketones (excluding diaryl/α,β-unsaturated/α-hetero) is 1. The van der Waals surface area contributed by atoms with Crippen molar-refractivity contribution in [1.82, 2.24) is 0 Å². The van der Waals surface area contributed by atoms with E-state index in [4.69, 9.17) is 0 Å². The lowest BCUT2D eigenvalue weighted by Crippen LogP contribution is -2.19. The normalized spacial score (nSPS) is 13.5. The number of fused-ring (bicyclic) bond motifs is 1. The number of carbonyl (C=O) groups is 1. The van der Waals surface area contributed by atoms with Crippen LogP contribution in [0.1, 0.15) is 56.8 Å². The molecule has 4 heteroatoms. The summed E-state index contributed by atoms with van der Waals surface area (Å²) in [6.45, 7) is 5.72. The molecule has 0 aliphatic carbocycles. The summed E-state index contributed by atoms with van der Waals surface area (Å²) in [4.78, 5) is 12.3. The van der Waals surface area contributed by atoms with Crippen molar-refractivity contribution in [2.45, 2.75) is 51.2 Å². The Kier molecular flexibility index (Phi) is 6.44. The number of rotatable bonds is 7. The molecule has 0 N–H and O–H groups in total. The second kappa shape index (κ2) is 8.34. The summed E-state index contributed by atoms with van der Waals surface area (Å²) in [6.07, 6.45) is 4.72. The Labute approximate surface area is 146 Å². The van der Waals surface area contributed by atoms with Gasteiger partial charge in [-0.3, -0.25) is 4.79 Å². The Hall–Kier alpha value is -1.81. The number of hydrogen-bond acceptors (Lipinski definition) is 2. The molecule has 0 aliphatic heterocycles. The molecule has 0 heterocycles. The highest BCUT2D eigenvalue weighted by molar-refractivity contribution is 7.85. The molecule has 0 spiro atoms. The Morgan fingerprint density at radius 2 is 1.79 bits per heavy atom. The first-order valence-electron chi connectivity index (χ1n) is 8.34. The molecule has 0 saturated heterocycles. The number of ketones is 1. The zero-order valence-electron chi connectivity index (χ0n) is 14.6. The van der Waals surface area contributed by atoms with Gasteiger partial charge in [0.25, 0.3) is 0 Å². The van der Waals surface area contributed by atoms with Gasteiger partial charge in [-0.1, -0.05) is 36.4 Å². The van der Waals surface area contributed by atoms with Gasteiger partial charge in [0, 0.05) is 18.2 Å². The molecule has 0 bridgehead atoms. The van der Waals surface area contributed by atoms with E-state index in [0.29, 0.717) is 6.42 Å². The van der Waals surface area contributed by atoms with Gasteiger partial charge in [0.15, 0.2) is 5.78 Å². The second-order valence-corrected chi connectivity index (χ2v) is 8.81. The predicted molar refractivity (Wildman–Crippen MR) is 103 cm³/mol. The standard InChI is InChI=1S/C20H25NO2S/c1-20(2,3)24(23)21-14-8-4-5-11-19(22)18-13-12-16-9-6-7-10-17(16)15-18/h6-7,9-10,12-15H,4-5,8,11H2,1-3H3/b21-14+/t24-/m1/s1. The van der Waals surface area contributed by atoms with Gasteiger partial charge in [-0.15, -0.1) is 0 Å². The summed E-state index contributed by atoms with van der Waals surface area (Å²) in [5.41, 5.74) is 0.774. The van der Waals surface area contributed by atoms with E-state index in [0.717, 1.165) is 35.6 Å². The zero-order valence-corrected chi connectivity index (χ0v) is 15.4. The lowest BCUT2D eigenvalue weighted by molar-refractivity contribution is 0.0979. The van der Waals surface area contributed by atoms with E-state index < -0.39 is 11.0 Å². The fourth-order valence-corrected chi connectivity index (χ4v) is 2.86. The fraction of sp³-hybridized carbons (Fsp3) is 0.400. The molecule has 0 fully saturated rings. The first-order valence-corrected chi connectivity index (χ1v) is 9.45. The summed E-state index contributed by atoms with van der Waals surface area (Å²) in [7, 11) is -1.19. The molecule has 2 aromatic carbocycles. The van der Waals surface area contributed by atoms with Crippen LogP contribution in [0.5, 0.6) is 0 Å². The Balaban J connectivity index is 1.78. The van der Waals surface area contributed by atoms with Crippen LogP contribution in [0.4, 0.5) is 0 Å². The van der Waals surface area contributed by atoms with Gasteiger partial charge in [-0.2, -0.15) is 4.40 Å². The molecule has 0 radical (unpaired) electrons. The minimum atomic E-state index is -1.19. The van der Waals surface area contributed by atoms with Crippen molar-refractivity contribution in [2.24, 2.45) is 4.40 Å². The van der Waals surface area contributed by atoms with Crippen LogP contribution in [0, 0.1) is 0 Å². The highest BCUT2D eigenvalue weighted by Gasteiger charge is 2.17. The van der Waals surface area contributed by atoms with E-state index in [2.05, 4.69) is 4.40 Å². The van der Waals surface area contributed by atoms with E-state index in [-0.39, 0.29) is 10.5 Å². The first-order chi connectivity index (χ1) is 11.4. The van der Waals surface area contributed by atoms with E-state index >= 15 is 0 Å². The quantitative estimate of drug-likeness (QED) is 0.398. The maximum atomic E-state index is 12.3. The highest BCUT2D eigenvalue weighted by atomic mass is 32.2. The lowest BCUT2D eigenvalue weighted by atomic mass is 10.0. The van der Waals surface area contributed by atoms with Crippen LogP contribution >= 0.6 is 0 Å². The molecule has 0 saturated carbocycles. The summed E-state index contributed by atoms with van der Waals surface area (Å²) in [5, 5.41) is 2.25. The topological polar surface area (TPSA) is 46.5 Å². The molecule has 0 unspecified atom stereocenters. The van der Waals surface area contributed by atoms with Crippen LogP contribution in [0.2, 0.25) is 0 Å². The summed E-state index contributed by atoms with van der Waals surface area (Å²) in [6, 6.07) is 13.9. The molecule has 0 aromatic heterocycles. The smallest absolute Gasteiger partial charge is 0.162 e. The van der Waals surface area contributed by atoms with Crippen molar-refractivity contribution < 1.29 is 9.00 Å². The minimum absolute atomic E-state index is 0.177. The Morgan fingerprint density at radius 3 is 2.50 bits per heavy atom. The second-order valence-electron chi connectivity index (χ2n) is 6.88. The molecule has 2 rings (SSSR count). The number of hydrogen-bond donors (Lipinski definition) is 0. The van der Waals surface area contributed by atoms with Crippen molar-refractivity contribution in [3.05, 3.63) is 48.0 Å². The molecule has 24 heavy (non-hydrogen) atoms. The van der Waals surface area contributed by atoms with Gasteiger partial charge in [0.2, 0.25) is 0 Å². The van der Waals surface area contributed by atoms with Crippen molar-refractivity contribution in [3.63, 3.8) is 0 Å². The maximum absolute atomic E-state index is 12.3. The third-order valence-corrected chi connectivity index (χ3v) is 5.14. The highest BCUT2D eigenvalue weighted by Crippen LogP contribution is 2.17. The van der Waals surface area contributed by atoms with Crippen LogP contribution in [-0.4, -0.2) is 21.0 Å². The monoisotopic (exact) mass is 343 g/mol. The third-order valence-electron chi connectivity index (χ3n) is 3.75. The van der Waals surface area contributed by atoms with Crippen molar-refractivity contribution in [3.8, 4) is 0 Å². The molecule has 2 aromatic rings. The van der Waals surface area contributed by atoms with E-state index in [1.165, 1.54) is 0 Å². The summed E-state index contributed by atoms with van der Waals surface area (Å²) in [5.74, 6) is 0.177. The predicted octanol–water partition coefficient (Wildman–Crippen LogP) is 5.12. The van der Waals surface area contributed by atoms with E-state index in [1.807, 2.05) is 63.2 Å². The SMILES string of the molecule is CC(C)(C)[S@@](=O)/N=C/CCCCC(=O)c1ccc2ccccc2c1. The number of nitrogens with zero attached hydrogens (tertiary/aromatic N) is 1. The average molecular weight is 343 g/mol. The van der Waals surface area contributed by atoms with Gasteiger partial charge < -0.3 is 0 Å². The lowest BCUT2D eigenvalue weighted by Gasteiger charge is -2.12. The van der Waals surface area contributed by atoms with Gasteiger partial charge in [0.05, 0.1) is 4.75 Å². The van der Waals surface area contributed by atoms with E-state index in [1.54, 1.807) is 6.21 Å². The van der Waals surface area contributed by atoms with Gasteiger partial charge in [-0.05, 0) is 56.9 Å². The molecular weight excluding hydrogens is 318 g/mol. The van der Waals surface area contributed by atoms with Crippen LogP contribution in [0.15, 0.2) is 46.9 Å². The van der Waals surface area contributed by atoms with E-state index in [9.17, 15) is 9.00 Å². The summed E-state index contributed by atoms with van der Waals surface area (Å²) >= 11 is 0. The molecule has 0 aliphatic rings. The van der Waals surface area contributed by atoms with Gasteiger partial charge in [-0.25, -0.2) is 4.21 Å². The van der Waals surface area contributed by atoms with Gasteiger partial charge >= 0.3 is 0 Å². The minimum Gasteiger partial charge on any atom is -0.294 e. The fourth-order valence-electron chi connectivity index (χ4n) is 2.31. The molecule has 1 atom stereocenters.